The number of epoxide rings is 2. The summed E-state index contributed by atoms with van der Waals surface area (Å²) in [7, 11) is 0. The third-order valence-electron chi connectivity index (χ3n) is 4.77. The molecule has 6 heteroatoms. The Morgan fingerprint density at radius 2 is 1.57 bits per heavy atom. The Kier molecular flexibility index (Phi) is 5.50. The first kappa shape index (κ1) is 18.8. The number of carbonyl (C=O) groups excluding carboxylic acids is 1. The van der Waals surface area contributed by atoms with E-state index in [9.17, 15) is 4.79 Å². The number of hydrogen-bond acceptors (Lipinski definition) is 6. The highest BCUT2D eigenvalue weighted by Gasteiger charge is 2.38. The van der Waals surface area contributed by atoms with Crippen LogP contribution in [0.1, 0.15) is 30.1 Å². The van der Waals surface area contributed by atoms with Crippen LogP contribution >= 0.6 is 0 Å². The van der Waals surface area contributed by atoms with Crippen LogP contribution in [0.4, 0.5) is 0 Å². The lowest BCUT2D eigenvalue weighted by molar-refractivity contribution is 0.0734. The summed E-state index contributed by atoms with van der Waals surface area (Å²) < 4.78 is 27.2. The van der Waals surface area contributed by atoms with Gasteiger partial charge in [-0.3, -0.25) is 0 Å². The van der Waals surface area contributed by atoms with Gasteiger partial charge in [-0.15, -0.1) is 0 Å². The summed E-state index contributed by atoms with van der Waals surface area (Å²) in [5.74, 6) is 1.53. The molecule has 2 aromatic carbocycles. The first-order chi connectivity index (χ1) is 13.6. The SMILES string of the molecule is CC1(CCOc2ccc(C(=O)Oc3ccc(OCCC4CO4)cc3)cc2)CO1. The molecule has 0 aromatic heterocycles. The molecule has 0 N–H and O–H groups in total. The molecule has 2 atom stereocenters. The van der Waals surface area contributed by atoms with Crippen LogP contribution in [0, 0.1) is 0 Å². The van der Waals surface area contributed by atoms with E-state index >= 15 is 0 Å². The van der Waals surface area contributed by atoms with Gasteiger partial charge in [-0.1, -0.05) is 0 Å². The zero-order valence-corrected chi connectivity index (χ0v) is 15.9. The molecular weight excluding hydrogens is 360 g/mol. The number of hydrogen-bond donors (Lipinski definition) is 0. The van der Waals surface area contributed by atoms with Crippen molar-refractivity contribution in [1.29, 1.82) is 0 Å². The van der Waals surface area contributed by atoms with Crippen molar-refractivity contribution in [2.75, 3.05) is 26.4 Å². The third-order valence-corrected chi connectivity index (χ3v) is 4.77. The molecular formula is C22H24O6. The van der Waals surface area contributed by atoms with Gasteiger partial charge >= 0.3 is 5.97 Å². The molecule has 4 rings (SSSR count). The van der Waals surface area contributed by atoms with Crippen molar-refractivity contribution in [3.05, 3.63) is 54.1 Å². The molecule has 2 heterocycles. The average molecular weight is 384 g/mol. The Bertz CT molecular complexity index is 791. The summed E-state index contributed by atoms with van der Waals surface area (Å²) in [6, 6.07) is 14.0. The topological polar surface area (TPSA) is 69.8 Å². The zero-order valence-electron chi connectivity index (χ0n) is 15.9. The highest BCUT2D eigenvalue weighted by Crippen LogP contribution is 2.29. The van der Waals surface area contributed by atoms with Gasteiger partial charge in [0, 0.05) is 12.8 Å². The number of benzene rings is 2. The second-order valence-electron chi connectivity index (χ2n) is 7.31. The molecule has 0 radical (unpaired) electrons. The van der Waals surface area contributed by atoms with Crippen LogP contribution in [0.25, 0.3) is 0 Å². The van der Waals surface area contributed by atoms with E-state index in [4.69, 9.17) is 23.7 Å². The van der Waals surface area contributed by atoms with Crippen LogP contribution in [0.2, 0.25) is 0 Å². The van der Waals surface area contributed by atoms with Gasteiger partial charge in [0.2, 0.25) is 0 Å². The highest BCUT2D eigenvalue weighted by atomic mass is 16.6. The molecule has 148 valence electrons. The van der Waals surface area contributed by atoms with Gasteiger partial charge in [0.15, 0.2) is 0 Å². The molecule has 0 spiro atoms. The van der Waals surface area contributed by atoms with Crippen molar-refractivity contribution in [3.63, 3.8) is 0 Å². The predicted octanol–water partition coefficient (Wildman–Crippen LogP) is 3.63. The molecule has 28 heavy (non-hydrogen) atoms. The average Bonchev–Trinajstić information content (AvgIpc) is 3.63. The van der Waals surface area contributed by atoms with Crippen molar-refractivity contribution in [2.24, 2.45) is 0 Å². The minimum absolute atomic E-state index is 0.0179. The largest absolute Gasteiger partial charge is 0.493 e. The lowest BCUT2D eigenvalue weighted by Gasteiger charge is -2.09. The lowest BCUT2D eigenvalue weighted by atomic mass is 10.1. The molecule has 0 aliphatic carbocycles. The van der Waals surface area contributed by atoms with Crippen molar-refractivity contribution < 1.29 is 28.5 Å². The molecule has 2 unspecified atom stereocenters. The maximum absolute atomic E-state index is 12.3. The van der Waals surface area contributed by atoms with Crippen LogP contribution in [0.3, 0.4) is 0 Å². The molecule has 0 amide bonds. The fourth-order valence-corrected chi connectivity index (χ4v) is 2.65. The summed E-state index contributed by atoms with van der Waals surface area (Å²) in [5.41, 5.74) is 0.449. The maximum atomic E-state index is 12.3. The number of carbonyl (C=O) groups is 1. The van der Waals surface area contributed by atoms with E-state index in [1.54, 1.807) is 48.5 Å². The van der Waals surface area contributed by atoms with E-state index in [2.05, 4.69) is 6.92 Å². The van der Waals surface area contributed by atoms with Gasteiger partial charge in [0.1, 0.15) is 17.2 Å². The Morgan fingerprint density at radius 1 is 1.00 bits per heavy atom. The van der Waals surface area contributed by atoms with Crippen LogP contribution in [0.5, 0.6) is 17.2 Å². The molecule has 2 aliphatic heterocycles. The third kappa shape index (κ3) is 5.47. The second-order valence-corrected chi connectivity index (χ2v) is 7.31. The van der Waals surface area contributed by atoms with E-state index in [1.807, 2.05) is 0 Å². The van der Waals surface area contributed by atoms with Crippen molar-refractivity contribution in [3.8, 4) is 17.2 Å². The summed E-state index contributed by atoms with van der Waals surface area (Å²) in [5, 5.41) is 0. The minimum atomic E-state index is -0.412. The summed E-state index contributed by atoms with van der Waals surface area (Å²) in [6.45, 7) is 4.90. The van der Waals surface area contributed by atoms with Gasteiger partial charge in [0.05, 0.1) is 43.7 Å². The Labute approximate surface area is 164 Å². The smallest absolute Gasteiger partial charge is 0.343 e. The minimum Gasteiger partial charge on any atom is -0.493 e. The van der Waals surface area contributed by atoms with Gasteiger partial charge < -0.3 is 23.7 Å². The molecule has 2 saturated heterocycles. The Hall–Kier alpha value is -2.57. The quantitative estimate of drug-likeness (QED) is 0.354. The predicted molar refractivity (Wildman–Crippen MR) is 102 cm³/mol. The van der Waals surface area contributed by atoms with Crippen molar-refractivity contribution in [1.82, 2.24) is 0 Å². The number of ether oxygens (including phenoxy) is 5. The number of rotatable bonds is 10. The van der Waals surface area contributed by atoms with E-state index < -0.39 is 5.97 Å². The Morgan fingerprint density at radius 3 is 2.18 bits per heavy atom. The van der Waals surface area contributed by atoms with Crippen molar-refractivity contribution in [2.45, 2.75) is 31.5 Å². The normalized spacial score (nSPS) is 22.4. The van der Waals surface area contributed by atoms with Crippen LogP contribution < -0.4 is 14.2 Å². The molecule has 0 saturated carbocycles. The fourth-order valence-electron chi connectivity index (χ4n) is 2.65. The maximum Gasteiger partial charge on any atom is 0.343 e. The van der Waals surface area contributed by atoms with Crippen LogP contribution in [-0.4, -0.2) is 44.1 Å². The van der Waals surface area contributed by atoms with Crippen molar-refractivity contribution >= 4 is 5.97 Å². The summed E-state index contributed by atoms with van der Waals surface area (Å²) >= 11 is 0. The second kappa shape index (κ2) is 8.20. The molecule has 2 fully saturated rings. The zero-order chi connectivity index (χ0) is 19.4. The first-order valence-electron chi connectivity index (χ1n) is 9.53. The van der Waals surface area contributed by atoms with E-state index in [0.717, 1.165) is 37.6 Å². The molecule has 2 aliphatic rings. The molecule has 0 bridgehead atoms. The van der Waals surface area contributed by atoms with Gasteiger partial charge in [0.25, 0.3) is 0 Å². The number of esters is 1. The van der Waals surface area contributed by atoms with E-state index in [-0.39, 0.29) is 5.60 Å². The highest BCUT2D eigenvalue weighted by molar-refractivity contribution is 5.91. The fraction of sp³-hybridized carbons (Fsp3) is 0.409. The summed E-state index contributed by atoms with van der Waals surface area (Å²) in [4.78, 5) is 12.3. The van der Waals surface area contributed by atoms with Gasteiger partial charge in [-0.25, -0.2) is 4.79 Å². The Balaban J connectivity index is 1.23. The standard InChI is InChI=1S/C22H24O6/c1-22(15-27-22)11-13-25-17-4-2-16(3-5-17)21(23)28-19-8-6-18(7-9-19)24-12-10-20-14-26-20/h2-9,20H,10-15H2,1H3. The van der Waals surface area contributed by atoms with Crippen LogP contribution in [0.15, 0.2) is 48.5 Å². The lowest BCUT2D eigenvalue weighted by Crippen LogP contribution is -2.11. The first-order valence-corrected chi connectivity index (χ1v) is 9.53. The van der Waals surface area contributed by atoms with Gasteiger partial charge in [-0.05, 0) is 55.5 Å². The summed E-state index contributed by atoms with van der Waals surface area (Å²) in [6.07, 6.45) is 2.10. The molecule has 6 nitrogen and oxygen atoms in total. The molecule has 2 aromatic rings. The van der Waals surface area contributed by atoms with Gasteiger partial charge in [-0.2, -0.15) is 0 Å². The van der Waals surface area contributed by atoms with E-state index in [1.165, 1.54) is 0 Å². The monoisotopic (exact) mass is 384 g/mol. The van der Waals surface area contributed by atoms with E-state index in [0.29, 0.717) is 30.6 Å². The van der Waals surface area contributed by atoms with Crippen LogP contribution in [-0.2, 0) is 9.47 Å².